The summed E-state index contributed by atoms with van der Waals surface area (Å²) in [7, 11) is 0. The lowest BCUT2D eigenvalue weighted by atomic mass is 9.77. The van der Waals surface area contributed by atoms with E-state index >= 15 is 0 Å². The molecule has 0 atom stereocenters. The van der Waals surface area contributed by atoms with E-state index in [9.17, 15) is 4.79 Å². The molecular weight excluding hydrogens is 248 g/mol. The molecule has 2 aromatic rings. The van der Waals surface area contributed by atoms with Gasteiger partial charge in [-0.2, -0.15) is 0 Å². The number of nitrogens with zero attached hydrogens (tertiary/aromatic N) is 1. The minimum absolute atomic E-state index is 0.000243. The van der Waals surface area contributed by atoms with Crippen molar-refractivity contribution in [3.8, 4) is 11.3 Å². The molecule has 1 heterocycles. The fourth-order valence-corrected chi connectivity index (χ4v) is 2.93. The zero-order chi connectivity index (χ0) is 13.9. The van der Waals surface area contributed by atoms with Gasteiger partial charge in [-0.1, -0.05) is 44.0 Å². The number of H-pyrrole nitrogens is 1. The molecule has 0 spiro atoms. The standard InChI is InChI=1S/C17H20N2O/c1-2-6-15-16(18-11-19-17(15)20)14-10-4-3-9-13(14)12-7-5-8-12/h3-4,9-12H,2,5-8H2,1H3,(H,18,19,20). The third-order valence-corrected chi connectivity index (χ3v) is 4.21. The van der Waals surface area contributed by atoms with Gasteiger partial charge in [0.1, 0.15) is 0 Å². The molecule has 3 nitrogen and oxygen atoms in total. The number of nitrogens with one attached hydrogen (secondary N) is 1. The Kier molecular flexibility index (Phi) is 3.68. The zero-order valence-corrected chi connectivity index (χ0v) is 11.9. The fraction of sp³-hybridized carbons (Fsp3) is 0.412. The topological polar surface area (TPSA) is 45.8 Å². The first-order chi connectivity index (χ1) is 9.81. The minimum atomic E-state index is 0.000243. The minimum Gasteiger partial charge on any atom is -0.313 e. The molecular formula is C17H20N2O. The van der Waals surface area contributed by atoms with Crippen LogP contribution in [0.4, 0.5) is 0 Å². The highest BCUT2D eigenvalue weighted by atomic mass is 16.1. The molecule has 0 amide bonds. The smallest absolute Gasteiger partial charge is 0.254 e. The van der Waals surface area contributed by atoms with E-state index < -0.39 is 0 Å². The normalized spacial score (nSPS) is 15.1. The molecule has 1 aliphatic rings. The van der Waals surface area contributed by atoms with Crippen molar-refractivity contribution in [3.63, 3.8) is 0 Å². The van der Waals surface area contributed by atoms with Gasteiger partial charge in [-0.05, 0) is 30.7 Å². The monoisotopic (exact) mass is 268 g/mol. The van der Waals surface area contributed by atoms with Crippen LogP contribution in [0.1, 0.15) is 49.7 Å². The third-order valence-electron chi connectivity index (χ3n) is 4.21. The number of aromatic nitrogens is 2. The Hall–Kier alpha value is -1.90. The predicted molar refractivity (Wildman–Crippen MR) is 80.9 cm³/mol. The molecule has 3 heteroatoms. The van der Waals surface area contributed by atoms with Crippen LogP contribution in [0.2, 0.25) is 0 Å². The second-order valence-corrected chi connectivity index (χ2v) is 5.52. The van der Waals surface area contributed by atoms with Crippen molar-refractivity contribution < 1.29 is 0 Å². The quantitative estimate of drug-likeness (QED) is 0.919. The summed E-state index contributed by atoms with van der Waals surface area (Å²) in [5, 5.41) is 0. The van der Waals surface area contributed by atoms with Gasteiger partial charge in [0.25, 0.3) is 5.56 Å². The summed E-state index contributed by atoms with van der Waals surface area (Å²) in [5.41, 5.74) is 4.20. The molecule has 1 fully saturated rings. The number of hydrogen-bond acceptors (Lipinski definition) is 2. The van der Waals surface area contributed by atoms with Gasteiger partial charge in [-0.3, -0.25) is 4.79 Å². The van der Waals surface area contributed by atoms with E-state index in [1.807, 2.05) is 6.07 Å². The highest BCUT2D eigenvalue weighted by Crippen LogP contribution is 2.40. The number of benzene rings is 1. The number of aromatic amines is 1. The second kappa shape index (κ2) is 5.61. The molecule has 0 aliphatic heterocycles. The van der Waals surface area contributed by atoms with Gasteiger partial charge in [0.15, 0.2) is 0 Å². The lowest BCUT2D eigenvalue weighted by Crippen LogP contribution is -2.16. The van der Waals surface area contributed by atoms with Crippen LogP contribution in [0, 0.1) is 0 Å². The van der Waals surface area contributed by atoms with Crippen LogP contribution in [0.15, 0.2) is 35.4 Å². The van der Waals surface area contributed by atoms with E-state index in [4.69, 9.17) is 0 Å². The first kappa shape index (κ1) is 13.1. The van der Waals surface area contributed by atoms with Crippen LogP contribution in [0.3, 0.4) is 0 Å². The fourth-order valence-electron chi connectivity index (χ4n) is 2.93. The molecule has 0 saturated heterocycles. The van der Waals surface area contributed by atoms with Crippen molar-refractivity contribution in [2.75, 3.05) is 0 Å². The summed E-state index contributed by atoms with van der Waals surface area (Å²) in [6.45, 7) is 2.09. The number of hydrogen-bond donors (Lipinski definition) is 1. The van der Waals surface area contributed by atoms with Crippen molar-refractivity contribution in [2.45, 2.75) is 44.9 Å². The summed E-state index contributed by atoms with van der Waals surface area (Å²) in [6.07, 6.45) is 7.06. The SMILES string of the molecule is CCCc1c(-c2ccccc2C2CCC2)nc[nH]c1=O. The highest BCUT2D eigenvalue weighted by Gasteiger charge is 2.23. The van der Waals surface area contributed by atoms with Gasteiger partial charge in [0.05, 0.1) is 12.0 Å². The van der Waals surface area contributed by atoms with E-state index in [1.54, 1.807) is 0 Å². The van der Waals surface area contributed by atoms with Crippen molar-refractivity contribution in [1.82, 2.24) is 9.97 Å². The van der Waals surface area contributed by atoms with Gasteiger partial charge >= 0.3 is 0 Å². The maximum Gasteiger partial charge on any atom is 0.254 e. The van der Waals surface area contributed by atoms with E-state index in [0.29, 0.717) is 5.92 Å². The van der Waals surface area contributed by atoms with Crippen molar-refractivity contribution in [1.29, 1.82) is 0 Å². The molecule has 3 rings (SSSR count). The van der Waals surface area contributed by atoms with Gasteiger partial charge in [-0.15, -0.1) is 0 Å². The van der Waals surface area contributed by atoms with Gasteiger partial charge in [-0.25, -0.2) is 4.98 Å². The first-order valence-electron chi connectivity index (χ1n) is 7.47. The van der Waals surface area contributed by atoms with E-state index in [0.717, 1.165) is 29.7 Å². The molecule has 0 radical (unpaired) electrons. The lowest BCUT2D eigenvalue weighted by molar-refractivity contribution is 0.420. The average molecular weight is 268 g/mol. The molecule has 1 saturated carbocycles. The Morgan fingerprint density at radius 2 is 2.10 bits per heavy atom. The summed E-state index contributed by atoms with van der Waals surface area (Å²) in [5.74, 6) is 0.641. The van der Waals surface area contributed by atoms with Crippen LogP contribution < -0.4 is 5.56 Å². The summed E-state index contributed by atoms with van der Waals surface area (Å²) >= 11 is 0. The Labute approximate surface area is 119 Å². The summed E-state index contributed by atoms with van der Waals surface area (Å²) in [4.78, 5) is 19.3. The van der Waals surface area contributed by atoms with Gasteiger partial charge in [0, 0.05) is 11.1 Å². The maximum atomic E-state index is 12.1. The van der Waals surface area contributed by atoms with E-state index in [2.05, 4.69) is 35.1 Å². The molecule has 1 N–H and O–H groups in total. The molecule has 0 bridgehead atoms. The molecule has 0 unspecified atom stereocenters. The Balaban J connectivity index is 2.13. The zero-order valence-electron chi connectivity index (χ0n) is 11.9. The molecule has 104 valence electrons. The largest absolute Gasteiger partial charge is 0.313 e. The van der Waals surface area contributed by atoms with Gasteiger partial charge < -0.3 is 4.98 Å². The van der Waals surface area contributed by atoms with Crippen molar-refractivity contribution >= 4 is 0 Å². The lowest BCUT2D eigenvalue weighted by Gasteiger charge is -2.28. The second-order valence-electron chi connectivity index (χ2n) is 5.52. The number of rotatable bonds is 4. The predicted octanol–water partition coefficient (Wildman–Crippen LogP) is 3.66. The molecule has 1 aromatic heterocycles. The molecule has 20 heavy (non-hydrogen) atoms. The Morgan fingerprint density at radius 1 is 1.30 bits per heavy atom. The molecule has 1 aromatic carbocycles. The molecule has 1 aliphatic carbocycles. The van der Waals surface area contributed by atoms with Crippen LogP contribution in [0.25, 0.3) is 11.3 Å². The van der Waals surface area contributed by atoms with E-state index in [1.165, 1.54) is 31.2 Å². The first-order valence-corrected chi connectivity index (χ1v) is 7.47. The van der Waals surface area contributed by atoms with Gasteiger partial charge in [0.2, 0.25) is 0 Å². The third kappa shape index (κ3) is 2.28. The van der Waals surface area contributed by atoms with Crippen molar-refractivity contribution in [3.05, 3.63) is 52.1 Å². The van der Waals surface area contributed by atoms with Crippen molar-refractivity contribution in [2.24, 2.45) is 0 Å². The summed E-state index contributed by atoms with van der Waals surface area (Å²) < 4.78 is 0. The van der Waals surface area contributed by atoms with Crippen LogP contribution in [-0.2, 0) is 6.42 Å². The summed E-state index contributed by atoms with van der Waals surface area (Å²) in [6, 6.07) is 8.42. The Morgan fingerprint density at radius 3 is 2.80 bits per heavy atom. The van der Waals surface area contributed by atoms with E-state index in [-0.39, 0.29) is 5.56 Å². The maximum absolute atomic E-state index is 12.1. The van der Waals surface area contributed by atoms with Crippen LogP contribution in [-0.4, -0.2) is 9.97 Å². The average Bonchev–Trinajstić information content (AvgIpc) is 2.40. The van der Waals surface area contributed by atoms with Crippen LogP contribution in [0.5, 0.6) is 0 Å². The Bertz CT molecular complexity index is 656. The van der Waals surface area contributed by atoms with Crippen LogP contribution >= 0.6 is 0 Å². The highest BCUT2D eigenvalue weighted by molar-refractivity contribution is 5.67.